The predicted octanol–water partition coefficient (Wildman–Crippen LogP) is 1.12. The Kier molecular flexibility index (Phi) is 4.65. The lowest BCUT2D eigenvalue weighted by Gasteiger charge is -2.24. The Morgan fingerprint density at radius 1 is 1.35 bits per heavy atom. The summed E-state index contributed by atoms with van der Waals surface area (Å²) in [5.74, 6) is 1.22. The Morgan fingerprint density at radius 3 is 2.53 bits per heavy atom. The zero-order valence-corrected chi connectivity index (χ0v) is 11.4. The van der Waals surface area contributed by atoms with Crippen molar-refractivity contribution in [1.82, 2.24) is 15.0 Å². The Bertz CT molecular complexity index is 342. The number of aromatic nitrogens is 2. The molecular weight excluding hydrogens is 218 g/mol. The van der Waals surface area contributed by atoms with Crippen molar-refractivity contribution in [1.29, 1.82) is 0 Å². The maximum Gasteiger partial charge on any atom is 0.229 e. The van der Waals surface area contributed by atoms with Crippen molar-refractivity contribution in [3.8, 4) is 0 Å². The van der Waals surface area contributed by atoms with E-state index < -0.39 is 6.10 Å². The van der Waals surface area contributed by atoms with Crippen LogP contribution in [0.25, 0.3) is 0 Å². The Labute approximate surface area is 103 Å². The number of rotatable bonds is 5. The maximum absolute atomic E-state index is 9.93. The summed E-state index contributed by atoms with van der Waals surface area (Å²) in [5, 5.41) is 13.8. The van der Waals surface area contributed by atoms with E-state index in [0.717, 1.165) is 13.0 Å². The minimum atomic E-state index is -0.468. The molecule has 1 aromatic heterocycles. The SMILES string of the molecule is CN(C)CCc1noc(CC(O)C(C)(C)C)n1. The number of likely N-dealkylation sites (N-methyl/N-ethyl adjacent to an activating group) is 1. The molecule has 0 radical (unpaired) electrons. The molecule has 0 saturated carbocycles. The normalized spacial score (nSPS) is 14.3. The zero-order chi connectivity index (χ0) is 13.1. The van der Waals surface area contributed by atoms with E-state index in [0.29, 0.717) is 18.1 Å². The summed E-state index contributed by atoms with van der Waals surface area (Å²) < 4.78 is 5.12. The van der Waals surface area contributed by atoms with E-state index >= 15 is 0 Å². The Morgan fingerprint density at radius 2 is 2.00 bits per heavy atom. The van der Waals surface area contributed by atoms with Crippen LogP contribution in [0.2, 0.25) is 0 Å². The first-order valence-corrected chi connectivity index (χ1v) is 5.93. The first-order chi connectivity index (χ1) is 7.79. The van der Waals surface area contributed by atoms with Gasteiger partial charge in [-0.2, -0.15) is 4.98 Å². The summed E-state index contributed by atoms with van der Waals surface area (Å²) in [6.45, 7) is 6.85. The van der Waals surface area contributed by atoms with Crippen LogP contribution in [0.15, 0.2) is 4.52 Å². The molecule has 1 heterocycles. The lowest BCUT2D eigenvalue weighted by atomic mass is 9.87. The first kappa shape index (κ1) is 14.1. The predicted molar refractivity (Wildman–Crippen MR) is 65.7 cm³/mol. The molecule has 5 nitrogen and oxygen atoms in total. The largest absolute Gasteiger partial charge is 0.392 e. The second-order valence-corrected chi connectivity index (χ2v) is 5.74. The average molecular weight is 241 g/mol. The number of nitrogens with zero attached hydrogens (tertiary/aromatic N) is 3. The molecule has 1 atom stereocenters. The van der Waals surface area contributed by atoms with Gasteiger partial charge in [0.1, 0.15) is 0 Å². The van der Waals surface area contributed by atoms with Crippen LogP contribution < -0.4 is 0 Å². The van der Waals surface area contributed by atoms with Crippen molar-refractivity contribution >= 4 is 0 Å². The Balaban J connectivity index is 2.51. The van der Waals surface area contributed by atoms with Gasteiger partial charge in [0, 0.05) is 13.0 Å². The van der Waals surface area contributed by atoms with Gasteiger partial charge in [0.25, 0.3) is 0 Å². The minimum absolute atomic E-state index is 0.168. The molecule has 5 heteroatoms. The smallest absolute Gasteiger partial charge is 0.229 e. The zero-order valence-electron chi connectivity index (χ0n) is 11.4. The summed E-state index contributed by atoms with van der Waals surface area (Å²) in [4.78, 5) is 6.34. The summed E-state index contributed by atoms with van der Waals surface area (Å²) in [6, 6.07) is 0. The third-order valence-electron chi connectivity index (χ3n) is 2.66. The number of hydrogen-bond donors (Lipinski definition) is 1. The molecule has 98 valence electrons. The van der Waals surface area contributed by atoms with Crippen LogP contribution in [-0.2, 0) is 12.8 Å². The number of hydrogen-bond acceptors (Lipinski definition) is 5. The lowest BCUT2D eigenvalue weighted by Crippen LogP contribution is -2.28. The van der Waals surface area contributed by atoms with Crippen molar-refractivity contribution in [2.24, 2.45) is 5.41 Å². The van der Waals surface area contributed by atoms with Crippen LogP contribution >= 0.6 is 0 Å². The molecular formula is C12H23N3O2. The molecule has 0 aliphatic rings. The molecule has 17 heavy (non-hydrogen) atoms. The minimum Gasteiger partial charge on any atom is -0.392 e. The van der Waals surface area contributed by atoms with Gasteiger partial charge in [0.2, 0.25) is 5.89 Å². The highest BCUT2D eigenvalue weighted by Gasteiger charge is 2.24. The molecule has 0 saturated heterocycles. The van der Waals surface area contributed by atoms with Gasteiger partial charge in [-0.3, -0.25) is 0 Å². The summed E-state index contributed by atoms with van der Waals surface area (Å²) >= 11 is 0. The molecule has 0 aliphatic heterocycles. The van der Waals surface area contributed by atoms with Crippen LogP contribution in [0.1, 0.15) is 32.5 Å². The number of aliphatic hydroxyl groups excluding tert-OH is 1. The van der Waals surface area contributed by atoms with E-state index in [1.807, 2.05) is 34.9 Å². The van der Waals surface area contributed by atoms with E-state index in [9.17, 15) is 5.11 Å². The second-order valence-electron chi connectivity index (χ2n) is 5.74. The van der Waals surface area contributed by atoms with E-state index in [4.69, 9.17) is 4.52 Å². The summed E-state index contributed by atoms with van der Waals surface area (Å²) in [6.07, 6.45) is 0.713. The summed E-state index contributed by atoms with van der Waals surface area (Å²) in [7, 11) is 4.01. The van der Waals surface area contributed by atoms with Gasteiger partial charge in [-0.25, -0.2) is 0 Å². The average Bonchev–Trinajstić information content (AvgIpc) is 2.61. The first-order valence-electron chi connectivity index (χ1n) is 5.93. The molecule has 0 bridgehead atoms. The van der Waals surface area contributed by atoms with Gasteiger partial charge < -0.3 is 14.5 Å². The van der Waals surface area contributed by atoms with Gasteiger partial charge in [0.05, 0.1) is 12.5 Å². The fourth-order valence-electron chi connectivity index (χ4n) is 1.27. The molecule has 0 aliphatic carbocycles. The second kappa shape index (κ2) is 5.60. The van der Waals surface area contributed by atoms with Crippen LogP contribution in [0, 0.1) is 5.41 Å². The quantitative estimate of drug-likeness (QED) is 0.837. The van der Waals surface area contributed by atoms with Crippen molar-refractivity contribution in [3.05, 3.63) is 11.7 Å². The van der Waals surface area contributed by atoms with Crippen LogP contribution in [0.3, 0.4) is 0 Å². The van der Waals surface area contributed by atoms with Gasteiger partial charge in [-0.05, 0) is 19.5 Å². The molecule has 0 amide bonds. The van der Waals surface area contributed by atoms with E-state index in [2.05, 4.69) is 15.0 Å². The van der Waals surface area contributed by atoms with Gasteiger partial charge >= 0.3 is 0 Å². The molecule has 0 fully saturated rings. The van der Waals surface area contributed by atoms with Crippen molar-refractivity contribution < 1.29 is 9.63 Å². The van der Waals surface area contributed by atoms with Crippen LogP contribution in [-0.4, -0.2) is 46.9 Å². The van der Waals surface area contributed by atoms with Crippen molar-refractivity contribution in [2.45, 2.75) is 39.7 Å². The maximum atomic E-state index is 9.93. The van der Waals surface area contributed by atoms with Crippen LogP contribution in [0.5, 0.6) is 0 Å². The van der Waals surface area contributed by atoms with E-state index in [-0.39, 0.29) is 5.41 Å². The third kappa shape index (κ3) is 4.83. The van der Waals surface area contributed by atoms with Crippen molar-refractivity contribution in [2.75, 3.05) is 20.6 Å². The van der Waals surface area contributed by atoms with Gasteiger partial charge in [-0.1, -0.05) is 25.9 Å². The monoisotopic (exact) mass is 241 g/mol. The Hall–Kier alpha value is -0.940. The highest BCUT2D eigenvalue weighted by atomic mass is 16.5. The van der Waals surface area contributed by atoms with Gasteiger partial charge in [0.15, 0.2) is 5.82 Å². The fourth-order valence-corrected chi connectivity index (χ4v) is 1.27. The molecule has 0 spiro atoms. The highest BCUT2D eigenvalue weighted by Crippen LogP contribution is 2.21. The molecule has 1 N–H and O–H groups in total. The lowest BCUT2D eigenvalue weighted by molar-refractivity contribution is 0.0565. The number of aliphatic hydroxyl groups is 1. The topological polar surface area (TPSA) is 62.4 Å². The van der Waals surface area contributed by atoms with E-state index in [1.165, 1.54) is 0 Å². The summed E-state index contributed by atoms with van der Waals surface area (Å²) in [5.41, 5.74) is -0.168. The molecule has 1 unspecified atom stereocenters. The molecule has 0 aromatic carbocycles. The van der Waals surface area contributed by atoms with E-state index in [1.54, 1.807) is 0 Å². The standard InChI is InChI=1S/C12H23N3O2/c1-12(2,3)9(16)8-11-13-10(14-17-11)6-7-15(4)5/h9,16H,6-8H2,1-5H3. The fraction of sp³-hybridized carbons (Fsp3) is 0.833. The van der Waals surface area contributed by atoms with Gasteiger partial charge in [-0.15, -0.1) is 0 Å². The van der Waals surface area contributed by atoms with Crippen molar-refractivity contribution in [3.63, 3.8) is 0 Å². The molecule has 1 aromatic rings. The highest BCUT2D eigenvalue weighted by molar-refractivity contribution is 4.91. The van der Waals surface area contributed by atoms with Crippen LogP contribution in [0.4, 0.5) is 0 Å². The molecule has 1 rings (SSSR count). The third-order valence-corrected chi connectivity index (χ3v) is 2.66.